The van der Waals surface area contributed by atoms with Crippen LogP contribution in [0.2, 0.25) is 10.0 Å². The van der Waals surface area contributed by atoms with Crippen molar-refractivity contribution in [2.75, 3.05) is 0 Å². The minimum absolute atomic E-state index is 0.0592. The number of hydrazine groups is 1. The van der Waals surface area contributed by atoms with Gasteiger partial charge < -0.3 is 5.73 Å². The van der Waals surface area contributed by atoms with Crippen LogP contribution >= 0.6 is 23.2 Å². The van der Waals surface area contributed by atoms with Gasteiger partial charge >= 0.3 is 11.8 Å². The Kier molecular flexibility index (Phi) is 4.30. The van der Waals surface area contributed by atoms with Crippen molar-refractivity contribution >= 4 is 40.9 Å². The highest BCUT2D eigenvalue weighted by atomic mass is 35.5. The van der Waals surface area contributed by atoms with E-state index in [9.17, 15) is 14.4 Å². The standard InChI is InChI=1S/C9H7Cl2N3O3/c10-4-1-2-6(11)5(3-4)8(16)13-14-9(17)7(12)15/h1-3H,(H2,12,15)(H,13,16)(H,14,17). The van der Waals surface area contributed by atoms with Gasteiger partial charge in [-0.05, 0) is 18.2 Å². The lowest BCUT2D eigenvalue weighted by Crippen LogP contribution is -2.47. The third-order valence-electron chi connectivity index (χ3n) is 1.69. The van der Waals surface area contributed by atoms with Gasteiger partial charge in [0, 0.05) is 5.02 Å². The van der Waals surface area contributed by atoms with Gasteiger partial charge in [0.2, 0.25) is 0 Å². The number of primary amides is 1. The first-order valence-corrected chi connectivity index (χ1v) is 5.02. The molecule has 0 spiro atoms. The first kappa shape index (κ1) is 13.3. The normalized spacial score (nSPS) is 9.53. The summed E-state index contributed by atoms with van der Waals surface area (Å²) in [7, 11) is 0. The van der Waals surface area contributed by atoms with Crippen LogP contribution in [0.3, 0.4) is 0 Å². The fourth-order valence-electron chi connectivity index (χ4n) is 0.914. The van der Waals surface area contributed by atoms with Crippen molar-refractivity contribution in [2.45, 2.75) is 0 Å². The quantitative estimate of drug-likeness (QED) is 0.505. The Morgan fingerprint density at radius 2 is 1.76 bits per heavy atom. The number of halogens is 2. The Morgan fingerprint density at radius 1 is 1.12 bits per heavy atom. The zero-order valence-electron chi connectivity index (χ0n) is 8.29. The SMILES string of the molecule is NC(=O)C(=O)NNC(=O)c1cc(Cl)ccc1Cl. The van der Waals surface area contributed by atoms with Gasteiger partial charge in [0.1, 0.15) is 0 Å². The number of hydrogen-bond acceptors (Lipinski definition) is 3. The van der Waals surface area contributed by atoms with Crippen molar-refractivity contribution in [1.29, 1.82) is 0 Å². The van der Waals surface area contributed by atoms with Crippen LogP contribution in [0.1, 0.15) is 10.4 Å². The molecular weight excluding hydrogens is 269 g/mol. The third kappa shape index (κ3) is 3.61. The van der Waals surface area contributed by atoms with E-state index in [1.807, 2.05) is 10.9 Å². The molecule has 0 unspecified atom stereocenters. The number of carbonyl (C=O) groups excluding carboxylic acids is 3. The van der Waals surface area contributed by atoms with Crippen LogP contribution in [-0.2, 0) is 9.59 Å². The number of carbonyl (C=O) groups is 3. The predicted octanol–water partition coefficient (Wildman–Crippen LogP) is 0.240. The maximum absolute atomic E-state index is 11.5. The van der Waals surface area contributed by atoms with E-state index in [1.54, 1.807) is 0 Å². The van der Waals surface area contributed by atoms with Crippen molar-refractivity contribution in [2.24, 2.45) is 5.73 Å². The summed E-state index contributed by atoms with van der Waals surface area (Å²) in [4.78, 5) is 32.7. The zero-order chi connectivity index (χ0) is 13.0. The van der Waals surface area contributed by atoms with Crippen LogP contribution in [0.25, 0.3) is 0 Å². The average molecular weight is 276 g/mol. The maximum atomic E-state index is 11.5. The third-order valence-corrected chi connectivity index (χ3v) is 2.25. The number of nitrogens with two attached hydrogens (primary N) is 1. The molecular formula is C9H7Cl2N3O3. The van der Waals surface area contributed by atoms with Gasteiger partial charge in [0.05, 0.1) is 10.6 Å². The molecule has 0 aliphatic heterocycles. The van der Waals surface area contributed by atoms with Crippen LogP contribution in [0.15, 0.2) is 18.2 Å². The molecule has 0 aliphatic rings. The second-order valence-corrected chi connectivity index (χ2v) is 3.74. The molecule has 0 aliphatic carbocycles. The molecule has 0 aromatic heterocycles. The number of rotatable bonds is 1. The Morgan fingerprint density at radius 3 is 2.35 bits per heavy atom. The largest absolute Gasteiger partial charge is 0.361 e. The fourth-order valence-corrected chi connectivity index (χ4v) is 1.29. The highest BCUT2D eigenvalue weighted by Gasteiger charge is 2.13. The van der Waals surface area contributed by atoms with Crippen LogP contribution in [0, 0.1) is 0 Å². The molecule has 6 nitrogen and oxygen atoms in total. The summed E-state index contributed by atoms with van der Waals surface area (Å²) in [6.45, 7) is 0. The highest BCUT2D eigenvalue weighted by molar-refractivity contribution is 6.36. The molecule has 0 saturated heterocycles. The lowest BCUT2D eigenvalue weighted by Gasteiger charge is -2.07. The van der Waals surface area contributed by atoms with E-state index < -0.39 is 17.7 Å². The highest BCUT2D eigenvalue weighted by Crippen LogP contribution is 2.20. The van der Waals surface area contributed by atoms with E-state index in [1.165, 1.54) is 18.2 Å². The predicted molar refractivity (Wildman–Crippen MR) is 61.3 cm³/mol. The van der Waals surface area contributed by atoms with Crippen LogP contribution in [-0.4, -0.2) is 17.7 Å². The van der Waals surface area contributed by atoms with Gasteiger partial charge in [-0.3, -0.25) is 25.2 Å². The molecule has 0 atom stereocenters. The average Bonchev–Trinajstić information content (AvgIpc) is 2.28. The monoisotopic (exact) mass is 275 g/mol. The zero-order valence-corrected chi connectivity index (χ0v) is 9.80. The van der Waals surface area contributed by atoms with E-state index >= 15 is 0 Å². The lowest BCUT2D eigenvalue weighted by molar-refractivity contribution is -0.137. The van der Waals surface area contributed by atoms with Gasteiger partial charge in [0.25, 0.3) is 5.91 Å². The van der Waals surface area contributed by atoms with E-state index in [4.69, 9.17) is 23.2 Å². The maximum Gasteiger partial charge on any atom is 0.327 e. The Balaban J connectivity index is 2.74. The minimum atomic E-state index is -1.22. The van der Waals surface area contributed by atoms with E-state index in [-0.39, 0.29) is 10.6 Å². The van der Waals surface area contributed by atoms with E-state index in [0.717, 1.165) is 0 Å². The molecule has 90 valence electrons. The van der Waals surface area contributed by atoms with Crippen LogP contribution in [0.5, 0.6) is 0 Å². The lowest BCUT2D eigenvalue weighted by atomic mass is 10.2. The number of nitrogens with one attached hydrogen (secondary N) is 2. The van der Waals surface area contributed by atoms with Crippen LogP contribution < -0.4 is 16.6 Å². The summed E-state index contributed by atoms with van der Waals surface area (Å²) in [6, 6.07) is 4.24. The molecule has 1 aromatic carbocycles. The van der Waals surface area contributed by atoms with Gasteiger partial charge in [-0.2, -0.15) is 0 Å². The molecule has 1 aromatic rings. The van der Waals surface area contributed by atoms with E-state index in [0.29, 0.717) is 5.02 Å². The smallest absolute Gasteiger partial charge is 0.327 e. The summed E-state index contributed by atoms with van der Waals surface area (Å²) in [5.41, 5.74) is 8.50. The fraction of sp³-hybridized carbons (Fsp3) is 0. The van der Waals surface area contributed by atoms with Crippen molar-refractivity contribution in [3.8, 4) is 0 Å². The second kappa shape index (κ2) is 5.51. The molecule has 0 fully saturated rings. The molecule has 0 radical (unpaired) electrons. The van der Waals surface area contributed by atoms with E-state index in [2.05, 4.69) is 5.73 Å². The van der Waals surface area contributed by atoms with Crippen molar-refractivity contribution in [1.82, 2.24) is 10.9 Å². The summed E-state index contributed by atoms with van der Waals surface area (Å²) in [5.74, 6) is -3.08. The molecule has 0 bridgehead atoms. The molecule has 17 heavy (non-hydrogen) atoms. The first-order valence-electron chi connectivity index (χ1n) is 4.27. The van der Waals surface area contributed by atoms with Crippen molar-refractivity contribution in [3.05, 3.63) is 33.8 Å². The molecule has 4 N–H and O–H groups in total. The summed E-state index contributed by atoms with van der Waals surface area (Å²) < 4.78 is 0. The van der Waals surface area contributed by atoms with Crippen LogP contribution in [0.4, 0.5) is 0 Å². The number of benzene rings is 1. The summed E-state index contributed by atoms with van der Waals surface area (Å²) in [6.07, 6.45) is 0. The first-order chi connectivity index (χ1) is 7.91. The van der Waals surface area contributed by atoms with Crippen molar-refractivity contribution in [3.63, 3.8) is 0 Å². The molecule has 3 amide bonds. The molecule has 0 saturated carbocycles. The Bertz CT molecular complexity index is 490. The summed E-state index contributed by atoms with van der Waals surface area (Å²) >= 11 is 11.4. The van der Waals surface area contributed by atoms with Gasteiger partial charge in [-0.25, -0.2) is 0 Å². The van der Waals surface area contributed by atoms with Gasteiger partial charge in [0.15, 0.2) is 0 Å². The molecule has 0 heterocycles. The molecule has 8 heteroatoms. The number of amides is 3. The second-order valence-electron chi connectivity index (χ2n) is 2.90. The Hall–Kier alpha value is -1.79. The van der Waals surface area contributed by atoms with Gasteiger partial charge in [-0.15, -0.1) is 0 Å². The Labute approximate surface area is 106 Å². The summed E-state index contributed by atoms with van der Waals surface area (Å²) in [5, 5.41) is 0.459. The topological polar surface area (TPSA) is 101 Å². The molecule has 1 rings (SSSR count). The minimum Gasteiger partial charge on any atom is -0.361 e. The van der Waals surface area contributed by atoms with Gasteiger partial charge in [-0.1, -0.05) is 23.2 Å². The van der Waals surface area contributed by atoms with Crippen molar-refractivity contribution < 1.29 is 14.4 Å². The number of hydrogen-bond donors (Lipinski definition) is 3.